The van der Waals surface area contributed by atoms with E-state index in [4.69, 9.17) is 11.5 Å². The van der Waals surface area contributed by atoms with E-state index in [1.54, 1.807) is 16.8 Å². The van der Waals surface area contributed by atoms with Gasteiger partial charge >= 0.3 is 0 Å². The van der Waals surface area contributed by atoms with E-state index in [9.17, 15) is 10.1 Å². The van der Waals surface area contributed by atoms with Gasteiger partial charge in [0.15, 0.2) is 5.82 Å². The number of benzene rings is 2. The molecule has 2 heterocycles. The summed E-state index contributed by atoms with van der Waals surface area (Å²) in [4.78, 5) is 16.1. The van der Waals surface area contributed by atoms with Crippen molar-refractivity contribution in [2.24, 2.45) is 11.7 Å². The molecule has 8 heteroatoms. The minimum Gasteiger partial charge on any atom is -0.383 e. The van der Waals surface area contributed by atoms with E-state index >= 15 is 4.39 Å². The van der Waals surface area contributed by atoms with Crippen molar-refractivity contribution < 1.29 is 9.18 Å². The van der Waals surface area contributed by atoms with E-state index < -0.39 is 5.82 Å². The van der Waals surface area contributed by atoms with Gasteiger partial charge in [0.2, 0.25) is 5.91 Å². The topological polar surface area (TPSA) is 124 Å². The molecule has 7 nitrogen and oxygen atoms in total. The van der Waals surface area contributed by atoms with Crippen LogP contribution in [0.4, 0.5) is 10.2 Å². The Morgan fingerprint density at radius 3 is 2.44 bits per heavy atom. The number of aromatic nitrogens is 3. The maximum Gasteiger partial charge on any atom is 0.220 e. The summed E-state index contributed by atoms with van der Waals surface area (Å²) in [5, 5.41) is 15.0. The molecule has 2 aromatic heterocycles. The van der Waals surface area contributed by atoms with Crippen molar-refractivity contribution in [1.82, 2.24) is 14.8 Å². The number of hydrogen-bond donors (Lipinski definition) is 2. The van der Waals surface area contributed by atoms with Gasteiger partial charge in [0.05, 0.1) is 11.7 Å². The molecule has 2 aromatic carbocycles. The monoisotopic (exact) mass is 454 g/mol. The first-order chi connectivity index (χ1) is 16.5. The van der Waals surface area contributed by atoms with Crippen LogP contribution in [0.15, 0.2) is 54.6 Å². The molecule has 0 radical (unpaired) electrons. The molecule has 34 heavy (non-hydrogen) atoms. The summed E-state index contributed by atoms with van der Waals surface area (Å²) in [5.74, 6) is -0.809. The molecule has 1 fully saturated rings. The molecule has 0 bridgehead atoms. The highest BCUT2D eigenvalue weighted by Gasteiger charge is 2.30. The molecule has 1 aliphatic carbocycles. The molecule has 0 unspecified atom stereocenters. The number of primary amides is 1. The molecule has 0 atom stereocenters. The van der Waals surface area contributed by atoms with Gasteiger partial charge in [0.1, 0.15) is 28.7 Å². The summed E-state index contributed by atoms with van der Waals surface area (Å²) in [6, 6.07) is 18.6. The minimum atomic E-state index is -0.547. The van der Waals surface area contributed by atoms with E-state index in [2.05, 4.69) is 16.2 Å². The normalized spacial score (nSPS) is 18.0. The summed E-state index contributed by atoms with van der Waals surface area (Å²) in [6.07, 6.45) is 2.58. The lowest BCUT2D eigenvalue weighted by Gasteiger charge is -2.27. The maximum atomic E-state index is 15.8. The zero-order valence-electron chi connectivity index (χ0n) is 18.4. The van der Waals surface area contributed by atoms with Gasteiger partial charge in [-0.15, -0.1) is 0 Å². The van der Waals surface area contributed by atoms with E-state index in [1.165, 1.54) is 0 Å². The van der Waals surface area contributed by atoms with Gasteiger partial charge in [0.25, 0.3) is 0 Å². The Labute approximate surface area is 195 Å². The second-order valence-corrected chi connectivity index (χ2v) is 8.63. The number of pyridine rings is 1. The number of nitrogen functional groups attached to an aromatic ring is 1. The second kappa shape index (κ2) is 8.60. The number of rotatable bonds is 4. The summed E-state index contributed by atoms with van der Waals surface area (Å²) < 4.78 is 17.4. The maximum absolute atomic E-state index is 15.8. The first kappa shape index (κ1) is 21.6. The van der Waals surface area contributed by atoms with Gasteiger partial charge in [-0.1, -0.05) is 42.5 Å². The molecule has 4 aromatic rings. The van der Waals surface area contributed by atoms with Gasteiger partial charge in [-0.25, -0.2) is 14.1 Å². The van der Waals surface area contributed by atoms with Crippen LogP contribution >= 0.6 is 0 Å². The van der Waals surface area contributed by atoms with Gasteiger partial charge in [-0.2, -0.15) is 10.4 Å². The lowest BCUT2D eigenvalue weighted by molar-refractivity contribution is -0.122. The van der Waals surface area contributed by atoms with Crippen molar-refractivity contribution in [3.8, 4) is 28.6 Å². The molecule has 1 amide bonds. The molecule has 0 saturated heterocycles. The van der Waals surface area contributed by atoms with Crippen LogP contribution in [0.3, 0.4) is 0 Å². The van der Waals surface area contributed by atoms with Crippen molar-refractivity contribution in [3.63, 3.8) is 0 Å². The Balaban J connectivity index is 1.57. The number of carbonyl (C=O) groups is 1. The third-order valence-electron chi connectivity index (χ3n) is 6.63. The van der Waals surface area contributed by atoms with Gasteiger partial charge < -0.3 is 11.5 Å². The number of nitriles is 1. The highest BCUT2D eigenvalue weighted by molar-refractivity contribution is 5.88. The smallest absolute Gasteiger partial charge is 0.220 e. The lowest BCUT2D eigenvalue weighted by atomic mass is 9.85. The Morgan fingerprint density at radius 1 is 1.06 bits per heavy atom. The van der Waals surface area contributed by atoms with E-state index in [0.717, 1.165) is 5.56 Å². The van der Waals surface area contributed by atoms with Crippen molar-refractivity contribution in [3.05, 3.63) is 66.0 Å². The molecule has 1 saturated carbocycles. The quantitative estimate of drug-likeness (QED) is 0.467. The highest BCUT2D eigenvalue weighted by atomic mass is 19.1. The Kier molecular flexibility index (Phi) is 5.46. The SMILES string of the molecule is N#Cc1c(-c2ccc3ccc(-c4ccccc4)nc3c2F)nn(C2CCC(C(N)=O)CC2)c1N. The summed E-state index contributed by atoms with van der Waals surface area (Å²) in [5.41, 5.74) is 14.0. The van der Waals surface area contributed by atoms with Crippen LogP contribution in [0.2, 0.25) is 0 Å². The molecule has 0 aliphatic heterocycles. The van der Waals surface area contributed by atoms with Crippen molar-refractivity contribution in [2.75, 3.05) is 5.73 Å². The van der Waals surface area contributed by atoms with Crippen LogP contribution in [0.1, 0.15) is 37.3 Å². The molecule has 1 aliphatic rings. The Morgan fingerprint density at radius 2 is 1.76 bits per heavy atom. The van der Waals surface area contributed by atoms with Gasteiger partial charge in [-0.05, 0) is 37.8 Å². The molecule has 4 N–H and O–H groups in total. The van der Waals surface area contributed by atoms with Crippen molar-refractivity contribution in [2.45, 2.75) is 31.7 Å². The number of carbonyl (C=O) groups excluding carboxylic acids is 1. The van der Waals surface area contributed by atoms with Crippen LogP contribution in [-0.4, -0.2) is 20.7 Å². The largest absolute Gasteiger partial charge is 0.383 e. The Bertz CT molecular complexity index is 1430. The molecule has 0 spiro atoms. The highest BCUT2D eigenvalue weighted by Crippen LogP contribution is 2.38. The Hall–Kier alpha value is -4.25. The van der Waals surface area contributed by atoms with Gasteiger partial charge in [-0.3, -0.25) is 4.79 Å². The van der Waals surface area contributed by atoms with E-state index in [1.807, 2.05) is 42.5 Å². The molecular weight excluding hydrogens is 431 g/mol. The lowest BCUT2D eigenvalue weighted by Crippen LogP contribution is -2.29. The van der Waals surface area contributed by atoms with Crippen LogP contribution in [0.5, 0.6) is 0 Å². The fraction of sp³-hybridized carbons (Fsp3) is 0.231. The van der Waals surface area contributed by atoms with Crippen LogP contribution in [-0.2, 0) is 4.79 Å². The number of fused-ring (bicyclic) bond motifs is 1. The van der Waals surface area contributed by atoms with Crippen molar-refractivity contribution in [1.29, 1.82) is 5.26 Å². The second-order valence-electron chi connectivity index (χ2n) is 8.63. The first-order valence-corrected chi connectivity index (χ1v) is 11.2. The predicted octanol–water partition coefficient (Wildman–Crippen LogP) is 4.57. The molecule has 5 rings (SSSR count). The number of nitrogens with two attached hydrogens (primary N) is 2. The average molecular weight is 455 g/mol. The number of nitrogens with zero attached hydrogens (tertiary/aromatic N) is 4. The van der Waals surface area contributed by atoms with Crippen LogP contribution < -0.4 is 11.5 Å². The number of halogens is 1. The zero-order chi connectivity index (χ0) is 23.8. The summed E-state index contributed by atoms with van der Waals surface area (Å²) in [7, 11) is 0. The van der Waals surface area contributed by atoms with Crippen LogP contribution in [0, 0.1) is 23.1 Å². The van der Waals surface area contributed by atoms with E-state index in [-0.39, 0.29) is 46.0 Å². The fourth-order valence-corrected chi connectivity index (χ4v) is 4.74. The van der Waals surface area contributed by atoms with E-state index in [0.29, 0.717) is 36.8 Å². The van der Waals surface area contributed by atoms with Crippen LogP contribution in [0.25, 0.3) is 33.4 Å². The average Bonchev–Trinajstić information content (AvgIpc) is 3.20. The van der Waals surface area contributed by atoms with Gasteiger partial charge in [0, 0.05) is 22.4 Å². The zero-order valence-corrected chi connectivity index (χ0v) is 18.4. The number of amides is 1. The standard InChI is InChI=1S/C26H23FN6O/c27-22-19(12-8-16-9-13-21(31-23(16)22)15-4-2-1-3-5-15)24-20(14-28)25(29)33(32-24)18-10-6-17(7-11-18)26(30)34/h1-5,8-9,12-13,17-18H,6-7,10-11,29H2,(H2,30,34). The minimum absolute atomic E-state index is 0.0808. The number of anilines is 1. The number of hydrogen-bond acceptors (Lipinski definition) is 5. The summed E-state index contributed by atoms with van der Waals surface area (Å²) >= 11 is 0. The fourth-order valence-electron chi connectivity index (χ4n) is 4.74. The third kappa shape index (κ3) is 3.65. The molecule has 170 valence electrons. The molecular formula is C26H23FN6O. The first-order valence-electron chi connectivity index (χ1n) is 11.2. The summed E-state index contributed by atoms with van der Waals surface area (Å²) in [6.45, 7) is 0. The third-order valence-corrected chi connectivity index (χ3v) is 6.63. The predicted molar refractivity (Wildman–Crippen MR) is 128 cm³/mol. The van der Waals surface area contributed by atoms with Crippen molar-refractivity contribution >= 4 is 22.6 Å².